The number of likely N-dealkylation sites (N-methyl/N-ethyl adjacent to an activating group) is 1. The molecule has 0 atom stereocenters. The molecule has 0 bridgehead atoms. The molecule has 138 valence electrons. The van der Waals surface area contributed by atoms with Crippen LogP contribution >= 0.6 is 11.8 Å². The summed E-state index contributed by atoms with van der Waals surface area (Å²) < 4.78 is 10.7. The van der Waals surface area contributed by atoms with Gasteiger partial charge in [-0.2, -0.15) is 0 Å². The topological polar surface area (TPSA) is 54.4 Å². The van der Waals surface area contributed by atoms with Crippen molar-refractivity contribution in [1.82, 2.24) is 9.80 Å². The van der Waals surface area contributed by atoms with E-state index in [9.17, 15) is 4.79 Å². The third-order valence-electron chi connectivity index (χ3n) is 4.12. The van der Waals surface area contributed by atoms with E-state index >= 15 is 0 Å². The van der Waals surface area contributed by atoms with Crippen LogP contribution in [0.25, 0.3) is 4.91 Å². The number of ether oxygens (including phenoxy) is 2. The van der Waals surface area contributed by atoms with E-state index in [-0.39, 0.29) is 5.97 Å². The molecule has 0 fully saturated rings. The third kappa shape index (κ3) is 4.11. The Morgan fingerprint density at radius 3 is 2.92 bits per heavy atom. The van der Waals surface area contributed by atoms with Gasteiger partial charge in [0.2, 0.25) is 0 Å². The van der Waals surface area contributed by atoms with Gasteiger partial charge in [0.05, 0.1) is 24.9 Å². The van der Waals surface area contributed by atoms with E-state index in [0.29, 0.717) is 25.3 Å². The molecule has 1 aromatic rings. The molecule has 0 aromatic heterocycles. The van der Waals surface area contributed by atoms with Gasteiger partial charge in [-0.3, -0.25) is 0 Å². The maximum Gasteiger partial charge on any atom is 0.337 e. The summed E-state index contributed by atoms with van der Waals surface area (Å²) in [6, 6.07) is 7.92. The van der Waals surface area contributed by atoms with Crippen LogP contribution in [0.4, 0.5) is 0 Å². The molecule has 6 nitrogen and oxygen atoms in total. The molecular formula is C19H23N3O3S. The SMILES string of the molecule is COc1cccc(C2=CN3CC(C(=O)OCCN(C)C)=C(C)N=C3S2)c1. The number of nitrogens with zero attached hydrogens (tertiary/aromatic N) is 3. The van der Waals surface area contributed by atoms with Crippen molar-refractivity contribution in [2.75, 3.05) is 40.9 Å². The third-order valence-corrected chi connectivity index (χ3v) is 5.19. The minimum absolute atomic E-state index is 0.291. The van der Waals surface area contributed by atoms with Crippen LogP contribution in [0.2, 0.25) is 0 Å². The number of carbonyl (C=O) groups is 1. The molecule has 0 spiro atoms. The van der Waals surface area contributed by atoms with Crippen molar-refractivity contribution in [2.24, 2.45) is 4.99 Å². The van der Waals surface area contributed by atoms with Crippen LogP contribution in [0.3, 0.4) is 0 Å². The average molecular weight is 373 g/mol. The van der Waals surface area contributed by atoms with Crippen LogP contribution in [0.1, 0.15) is 12.5 Å². The zero-order valence-electron chi connectivity index (χ0n) is 15.5. The highest BCUT2D eigenvalue weighted by Gasteiger charge is 2.30. The Balaban J connectivity index is 1.72. The van der Waals surface area contributed by atoms with Crippen LogP contribution in [-0.2, 0) is 9.53 Å². The van der Waals surface area contributed by atoms with Crippen molar-refractivity contribution in [3.05, 3.63) is 47.3 Å². The van der Waals surface area contributed by atoms with Crippen LogP contribution in [-0.4, -0.2) is 61.8 Å². The van der Waals surface area contributed by atoms with Gasteiger partial charge in [-0.05, 0) is 50.5 Å². The summed E-state index contributed by atoms with van der Waals surface area (Å²) in [5, 5.41) is 0.880. The summed E-state index contributed by atoms with van der Waals surface area (Å²) in [5.41, 5.74) is 2.40. The van der Waals surface area contributed by atoms with Crippen molar-refractivity contribution < 1.29 is 14.3 Å². The maximum absolute atomic E-state index is 12.4. The highest BCUT2D eigenvalue weighted by molar-refractivity contribution is 8.22. The number of hydrogen-bond acceptors (Lipinski definition) is 7. The first-order valence-corrected chi connectivity index (χ1v) is 9.20. The lowest BCUT2D eigenvalue weighted by Crippen LogP contribution is -2.31. The molecule has 0 unspecified atom stereocenters. The normalized spacial score (nSPS) is 16.4. The zero-order valence-corrected chi connectivity index (χ0v) is 16.3. The number of carbonyl (C=O) groups excluding carboxylic acids is 1. The Bertz CT molecular complexity index is 799. The van der Waals surface area contributed by atoms with Crippen LogP contribution in [0, 0.1) is 0 Å². The van der Waals surface area contributed by atoms with Crippen LogP contribution in [0.15, 0.2) is 46.7 Å². The maximum atomic E-state index is 12.4. The molecule has 2 aliphatic rings. The second-order valence-electron chi connectivity index (χ2n) is 6.35. The Hall–Kier alpha value is -2.25. The summed E-state index contributed by atoms with van der Waals surface area (Å²) in [6.07, 6.45) is 2.03. The van der Waals surface area contributed by atoms with E-state index in [2.05, 4.69) is 4.99 Å². The lowest BCUT2D eigenvalue weighted by molar-refractivity contribution is -0.139. The number of aliphatic imine (C=N–C) groups is 1. The van der Waals surface area contributed by atoms with Gasteiger partial charge in [-0.15, -0.1) is 0 Å². The van der Waals surface area contributed by atoms with Crippen molar-refractivity contribution >= 4 is 27.8 Å². The highest BCUT2D eigenvalue weighted by atomic mass is 32.2. The summed E-state index contributed by atoms with van der Waals surface area (Å²) in [6.45, 7) is 3.41. The summed E-state index contributed by atoms with van der Waals surface area (Å²) in [4.78, 5) is 22.0. The number of esters is 1. The fourth-order valence-electron chi connectivity index (χ4n) is 2.61. The molecule has 0 saturated carbocycles. The molecule has 0 amide bonds. The van der Waals surface area contributed by atoms with Gasteiger partial charge in [0, 0.05) is 17.6 Å². The largest absolute Gasteiger partial charge is 0.497 e. The Kier molecular flexibility index (Phi) is 5.68. The molecule has 0 N–H and O–H groups in total. The number of methoxy groups -OCH3 is 1. The molecule has 0 aliphatic carbocycles. The van der Waals surface area contributed by atoms with E-state index in [1.54, 1.807) is 18.9 Å². The number of allylic oxidation sites excluding steroid dienone is 1. The van der Waals surface area contributed by atoms with Crippen molar-refractivity contribution in [3.8, 4) is 5.75 Å². The number of rotatable bonds is 6. The minimum Gasteiger partial charge on any atom is -0.497 e. The van der Waals surface area contributed by atoms with Gasteiger partial charge in [0.25, 0.3) is 0 Å². The van der Waals surface area contributed by atoms with E-state index in [1.165, 1.54) is 0 Å². The van der Waals surface area contributed by atoms with Gasteiger partial charge < -0.3 is 19.3 Å². The monoisotopic (exact) mass is 373 g/mol. The Morgan fingerprint density at radius 2 is 2.19 bits per heavy atom. The zero-order chi connectivity index (χ0) is 18.7. The summed E-state index contributed by atoms with van der Waals surface area (Å²) >= 11 is 1.59. The Labute approximate surface area is 158 Å². The molecule has 1 aromatic carbocycles. The fraction of sp³-hybridized carbons (Fsp3) is 0.368. The lowest BCUT2D eigenvalue weighted by Gasteiger charge is -2.23. The first-order valence-electron chi connectivity index (χ1n) is 8.39. The molecule has 26 heavy (non-hydrogen) atoms. The lowest BCUT2D eigenvalue weighted by atomic mass is 10.1. The predicted octanol–water partition coefficient (Wildman–Crippen LogP) is 2.79. The number of benzene rings is 1. The molecular weight excluding hydrogens is 350 g/mol. The molecule has 0 radical (unpaired) electrons. The fourth-order valence-corrected chi connectivity index (χ4v) is 3.64. The van der Waals surface area contributed by atoms with Gasteiger partial charge in [0.1, 0.15) is 12.4 Å². The van der Waals surface area contributed by atoms with Crippen molar-refractivity contribution in [1.29, 1.82) is 0 Å². The molecule has 7 heteroatoms. The first kappa shape index (κ1) is 18.5. The van der Waals surface area contributed by atoms with Gasteiger partial charge in [-0.1, -0.05) is 12.1 Å². The van der Waals surface area contributed by atoms with E-state index in [4.69, 9.17) is 9.47 Å². The van der Waals surface area contributed by atoms with Gasteiger partial charge in [0.15, 0.2) is 5.17 Å². The van der Waals surface area contributed by atoms with Crippen LogP contribution < -0.4 is 4.74 Å². The van der Waals surface area contributed by atoms with Gasteiger partial charge in [-0.25, -0.2) is 9.79 Å². The second kappa shape index (κ2) is 7.97. The van der Waals surface area contributed by atoms with E-state index < -0.39 is 0 Å². The Morgan fingerprint density at radius 1 is 1.38 bits per heavy atom. The van der Waals surface area contributed by atoms with Crippen molar-refractivity contribution in [3.63, 3.8) is 0 Å². The van der Waals surface area contributed by atoms with Crippen molar-refractivity contribution in [2.45, 2.75) is 6.92 Å². The summed E-state index contributed by atoms with van der Waals surface area (Å²) in [7, 11) is 5.55. The van der Waals surface area contributed by atoms with E-state index in [0.717, 1.165) is 27.1 Å². The summed E-state index contributed by atoms with van der Waals surface area (Å²) in [5.74, 6) is 0.524. The first-order chi connectivity index (χ1) is 12.5. The van der Waals surface area contributed by atoms with Gasteiger partial charge >= 0.3 is 5.97 Å². The smallest absolute Gasteiger partial charge is 0.337 e. The standard InChI is InChI=1S/C19H23N3O3S/c1-13-16(18(23)25-9-8-21(2)3)11-22-12-17(26-19(22)20-13)14-6-5-7-15(10-14)24-4/h5-7,10,12H,8-9,11H2,1-4H3. The highest BCUT2D eigenvalue weighted by Crippen LogP contribution is 2.39. The van der Waals surface area contributed by atoms with Crippen LogP contribution in [0.5, 0.6) is 5.75 Å². The minimum atomic E-state index is -0.291. The molecule has 2 aliphatic heterocycles. The number of hydrogen-bond donors (Lipinski definition) is 0. The average Bonchev–Trinajstić information content (AvgIpc) is 3.03. The number of amidine groups is 1. The number of thioether (sulfide) groups is 1. The number of fused-ring (bicyclic) bond motifs is 1. The second-order valence-corrected chi connectivity index (χ2v) is 7.36. The molecule has 3 rings (SSSR count). The predicted molar refractivity (Wildman–Crippen MR) is 105 cm³/mol. The quantitative estimate of drug-likeness (QED) is 0.715. The molecule has 2 heterocycles. The van der Waals surface area contributed by atoms with E-state index in [1.807, 2.05) is 61.3 Å². The molecule has 0 saturated heterocycles.